The van der Waals surface area contributed by atoms with E-state index >= 15 is 0 Å². The normalized spacial score (nSPS) is 22.9. The molecule has 1 rings (SSSR count). The van der Waals surface area contributed by atoms with E-state index in [1.54, 1.807) is 6.92 Å². The molecule has 7 nitrogen and oxygen atoms in total. The number of carbonyl (C=O) groups excluding carboxylic acids is 3. The Bertz CT molecular complexity index is 359. The minimum atomic E-state index is -0.496. The summed E-state index contributed by atoms with van der Waals surface area (Å²) >= 11 is 0. The number of carbonyl (C=O) groups is 3. The number of hydrogen-bond acceptors (Lipinski definition) is 5. The minimum Gasteiger partial charge on any atom is -0.469 e. The summed E-state index contributed by atoms with van der Waals surface area (Å²) in [7, 11) is 1.36. The second kappa shape index (κ2) is 7.08. The SMILES string of the molecule is CCNC(=O)NC(=O)CN1CC(C)C(C(=O)OC)C1. The average Bonchev–Trinajstić information content (AvgIpc) is 2.69. The molecular weight excluding hydrogens is 250 g/mol. The van der Waals surface area contributed by atoms with E-state index in [4.69, 9.17) is 4.74 Å². The lowest BCUT2D eigenvalue weighted by atomic mass is 9.99. The van der Waals surface area contributed by atoms with Crippen molar-refractivity contribution >= 4 is 17.9 Å². The Morgan fingerprint density at radius 2 is 2.00 bits per heavy atom. The van der Waals surface area contributed by atoms with E-state index in [-0.39, 0.29) is 30.3 Å². The molecule has 3 amide bonds. The van der Waals surface area contributed by atoms with E-state index in [0.717, 1.165) is 0 Å². The van der Waals surface area contributed by atoms with Crippen LogP contribution in [0.1, 0.15) is 13.8 Å². The number of urea groups is 1. The Morgan fingerprint density at radius 1 is 1.32 bits per heavy atom. The summed E-state index contributed by atoms with van der Waals surface area (Å²) in [5, 5.41) is 4.72. The van der Waals surface area contributed by atoms with Crippen LogP contribution < -0.4 is 10.6 Å². The highest BCUT2D eigenvalue weighted by Crippen LogP contribution is 2.23. The van der Waals surface area contributed by atoms with Crippen LogP contribution in [-0.4, -0.2) is 56.1 Å². The van der Waals surface area contributed by atoms with Crippen LogP contribution in [0.15, 0.2) is 0 Å². The molecule has 2 atom stereocenters. The Balaban J connectivity index is 2.41. The van der Waals surface area contributed by atoms with Gasteiger partial charge in [0.15, 0.2) is 0 Å². The molecule has 1 heterocycles. The van der Waals surface area contributed by atoms with Gasteiger partial charge >= 0.3 is 12.0 Å². The van der Waals surface area contributed by atoms with Crippen LogP contribution in [0, 0.1) is 11.8 Å². The number of imide groups is 1. The van der Waals surface area contributed by atoms with Gasteiger partial charge in [-0.1, -0.05) is 6.92 Å². The number of likely N-dealkylation sites (tertiary alicyclic amines) is 1. The highest BCUT2D eigenvalue weighted by molar-refractivity contribution is 5.95. The van der Waals surface area contributed by atoms with Gasteiger partial charge < -0.3 is 10.1 Å². The molecule has 0 aromatic carbocycles. The van der Waals surface area contributed by atoms with Crippen LogP contribution in [0.2, 0.25) is 0 Å². The minimum absolute atomic E-state index is 0.106. The van der Waals surface area contributed by atoms with Gasteiger partial charge in [-0.15, -0.1) is 0 Å². The molecule has 2 unspecified atom stereocenters. The Morgan fingerprint density at radius 3 is 2.58 bits per heavy atom. The number of rotatable bonds is 4. The van der Waals surface area contributed by atoms with Gasteiger partial charge in [0.1, 0.15) is 0 Å². The molecule has 0 aliphatic carbocycles. The maximum absolute atomic E-state index is 11.6. The fourth-order valence-electron chi connectivity index (χ4n) is 2.23. The van der Waals surface area contributed by atoms with Gasteiger partial charge in [0.05, 0.1) is 19.6 Å². The first-order valence-corrected chi connectivity index (χ1v) is 6.35. The molecule has 0 spiro atoms. The summed E-state index contributed by atoms with van der Waals surface area (Å²) in [4.78, 5) is 36.1. The van der Waals surface area contributed by atoms with Crippen molar-refractivity contribution < 1.29 is 19.1 Å². The van der Waals surface area contributed by atoms with E-state index in [9.17, 15) is 14.4 Å². The van der Waals surface area contributed by atoms with Crippen LogP contribution in [0.3, 0.4) is 0 Å². The third-order valence-corrected chi connectivity index (χ3v) is 3.15. The molecule has 0 aromatic heterocycles. The van der Waals surface area contributed by atoms with Crippen molar-refractivity contribution in [3.63, 3.8) is 0 Å². The molecule has 108 valence electrons. The molecule has 1 saturated heterocycles. The first kappa shape index (κ1) is 15.4. The van der Waals surface area contributed by atoms with Crippen molar-refractivity contribution in [2.45, 2.75) is 13.8 Å². The molecule has 0 saturated carbocycles. The lowest BCUT2D eigenvalue weighted by Gasteiger charge is -2.14. The lowest BCUT2D eigenvalue weighted by molar-refractivity contribution is -0.146. The fraction of sp³-hybridized carbons (Fsp3) is 0.750. The zero-order valence-corrected chi connectivity index (χ0v) is 11.6. The van der Waals surface area contributed by atoms with Crippen molar-refractivity contribution in [3.05, 3.63) is 0 Å². The summed E-state index contributed by atoms with van der Waals surface area (Å²) in [5.74, 6) is -0.685. The van der Waals surface area contributed by atoms with E-state index in [1.165, 1.54) is 7.11 Å². The zero-order chi connectivity index (χ0) is 14.4. The van der Waals surface area contributed by atoms with E-state index in [1.807, 2.05) is 11.8 Å². The summed E-state index contributed by atoms with van der Waals surface area (Å²) in [5.41, 5.74) is 0. The molecule has 1 fully saturated rings. The van der Waals surface area contributed by atoms with Crippen molar-refractivity contribution in [2.24, 2.45) is 11.8 Å². The third kappa shape index (κ3) is 4.51. The van der Waals surface area contributed by atoms with Gasteiger partial charge in [-0.05, 0) is 12.8 Å². The van der Waals surface area contributed by atoms with E-state index < -0.39 is 6.03 Å². The van der Waals surface area contributed by atoms with E-state index in [2.05, 4.69) is 10.6 Å². The second-order valence-corrected chi connectivity index (χ2v) is 4.71. The number of nitrogens with one attached hydrogen (secondary N) is 2. The predicted octanol–water partition coefficient (Wildman–Crippen LogP) is -0.427. The summed E-state index contributed by atoms with van der Waals surface area (Å²) in [6.45, 7) is 5.41. The first-order chi connectivity index (χ1) is 8.97. The number of esters is 1. The maximum Gasteiger partial charge on any atom is 0.321 e. The Kier molecular flexibility index (Phi) is 5.75. The quantitative estimate of drug-likeness (QED) is 0.678. The van der Waals surface area contributed by atoms with Crippen molar-refractivity contribution in [3.8, 4) is 0 Å². The zero-order valence-electron chi connectivity index (χ0n) is 11.6. The molecular formula is C12H21N3O4. The number of methoxy groups -OCH3 is 1. The van der Waals surface area contributed by atoms with Crippen LogP contribution >= 0.6 is 0 Å². The molecule has 1 aliphatic rings. The van der Waals surface area contributed by atoms with Crippen molar-refractivity contribution in [2.75, 3.05) is 33.3 Å². The van der Waals surface area contributed by atoms with Gasteiger partial charge in [-0.25, -0.2) is 4.79 Å². The topological polar surface area (TPSA) is 87.7 Å². The fourth-order valence-corrected chi connectivity index (χ4v) is 2.23. The molecule has 2 N–H and O–H groups in total. The monoisotopic (exact) mass is 271 g/mol. The van der Waals surface area contributed by atoms with Gasteiger partial charge in [-0.2, -0.15) is 0 Å². The van der Waals surface area contributed by atoms with Gasteiger partial charge in [0, 0.05) is 19.6 Å². The van der Waals surface area contributed by atoms with Crippen molar-refractivity contribution in [1.82, 2.24) is 15.5 Å². The molecule has 7 heteroatoms. The lowest BCUT2D eigenvalue weighted by Crippen LogP contribution is -2.44. The van der Waals surface area contributed by atoms with Crippen LogP contribution in [0.5, 0.6) is 0 Å². The maximum atomic E-state index is 11.6. The molecule has 1 aliphatic heterocycles. The smallest absolute Gasteiger partial charge is 0.321 e. The highest BCUT2D eigenvalue weighted by atomic mass is 16.5. The van der Waals surface area contributed by atoms with Crippen molar-refractivity contribution in [1.29, 1.82) is 0 Å². The second-order valence-electron chi connectivity index (χ2n) is 4.71. The molecule has 0 radical (unpaired) electrons. The van der Waals surface area contributed by atoms with E-state index in [0.29, 0.717) is 19.6 Å². The molecule has 0 aromatic rings. The van der Waals surface area contributed by atoms with Crippen LogP contribution in [0.25, 0.3) is 0 Å². The number of ether oxygens (including phenoxy) is 1. The van der Waals surface area contributed by atoms with Crippen LogP contribution in [-0.2, 0) is 14.3 Å². The third-order valence-electron chi connectivity index (χ3n) is 3.15. The summed E-state index contributed by atoms with van der Waals surface area (Å²) < 4.78 is 4.72. The standard InChI is InChI=1S/C12H21N3O4/c1-4-13-12(18)14-10(16)7-15-5-8(2)9(6-15)11(17)19-3/h8-9H,4-7H2,1-3H3,(H2,13,14,16,18). The Labute approximate surface area is 112 Å². The van der Waals surface area contributed by atoms with Gasteiger partial charge in [0.2, 0.25) is 5.91 Å². The summed E-state index contributed by atoms with van der Waals surface area (Å²) in [6.07, 6.45) is 0. The number of hydrogen-bond donors (Lipinski definition) is 2. The largest absolute Gasteiger partial charge is 0.469 e. The average molecular weight is 271 g/mol. The van der Waals surface area contributed by atoms with Gasteiger partial charge in [-0.3, -0.25) is 19.8 Å². The number of nitrogens with zero attached hydrogens (tertiary/aromatic N) is 1. The predicted molar refractivity (Wildman–Crippen MR) is 68.3 cm³/mol. The number of amides is 3. The Hall–Kier alpha value is -1.63. The van der Waals surface area contributed by atoms with Gasteiger partial charge in [0.25, 0.3) is 0 Å². The molecule has 0 bridgehead atoms. The highest BCUT2D eigenvalue weighted by Gasteiger charge is 2.36. The molecule has 19 heavy (non-hydrogen) atoms. The van der Waals surface area contributed by atoms with Crippen LogP contribution in [0.4, 0.5) is 4.79 Å². The first-order valence-electron chi connectivity index (χ1n) is 6.35. The summed E-state index contributed by atoms with van der Waals surface area (Å²) in [6, 6.07) is -0.496.